The van der Waals surface area contributed by atoms with Crippen LogP contribution in [0.2, 0.25) is 0 Å². The van der Waals surface area contributed by atoms with Crippen molar-refractivity contribution in [1.82, 2.24) is 5.32 Å². The van der Waals surface area contributed by atoms with Gasteiger partial charge in [0.05, 0.1) is 0 Å². The van der Waals surface area contributed by atoms with E-state index < -0.39 is 0 Å². The highest BCUT2D eigenvalue weighted by atomic mass is 14.9. The molecule has 1 unspecified atom stereocenters. The molecule has 0 spiro atoms. The first-order valence-electron chi connectivity index (χ1n) is 7.14. The van der Waals surface area contributed by atoms with Gasteiger partial charge in [0.2, 0.25) is 0 Å². The number of rotatable bonds is 4. The summed E-state index contributed by atoms with van der Waals surface area (Å²) in [6, 6.07) is 22.2. The largest absolute Gasteiger partial charge is 0.312 e. The van der Waals surface area contributed by atoms with Crippen molar-refractivity contribution in [1.29, 1.82) is 0 Å². The van der Waals surface area contributed by atoms with Crippen LogP contribution in [0.4, 0.5) is 0 Å². The number of hydrogen-bond donors (Lipinski definition) is 1. The topological polar surface area (TPSA) is 12.0 Å². The van der Waals surface area contributed by atoms with Gasteiger partial charge in [0.25, 0.3) is 0 Å². The maximum atomic E-state index is 3.56. The SMILES string of the molecule is CNC(c1ccccc1)C1(c2ccccc2)CCC1. The lowest BCUT2D eigenvalue weighted by Gasteiger charge is -2.48. The predicted octanol–water partition coefficient (Wildman–Crippen LogP) is 4.07. The Bertz CT molecular complexity index is 514. The van der Waals surface area contributed by atoms with Crippen LogP contribution >= 0.6 is 0 Å². The van der Waals surface area contributed by atoms with Gasteiger partial charge in [-0.2, -0.15) is 0 Å². The van der Waals surface area contributed by atoms with Crippen molar-refractivity contribution < 1.29 is 0 Å². The molecule has 1 saturated carbocycles. The molecule has 2 aromatic carbocycles. The van der Waals surface area contributed by atoms with Gasteiger partial charge in [0.15, 0.2) is 0 Å². The minimum Gasteiger partial charge on any atom is -0.312 e. The zero-order valence-electron chi connectivity index (χ0n) is 11.5. The van der Waals surface area contributed by atoms with E-state index in [-0.39, 0.29) is 5.41 Å². The fraction of sp³-hybridized carbons (Fsp3) is 0.333. The van der Waals surface area contributed by atoms with Crippen LogP contribution in [0.3, 0.4) is 0 Å². The van der Waals surface area contributed by atoms with Gasteiger partial charge >= 0.3 is 0 Å². The van der Waals surface area contributed by atoms with Crippen LogP contribution in [0.5, 0.6) is 0 Å². The van der Waals surface area contributed by atoms with Crippen LogP contribution in [0.15, 0.2) is 60.7 Å². The van der Waals surface area contributed by atoms with Crippen molar-refractivity contribution in [2.75, 3.05) is 7.05 Å². The number of benzene rings is 2. The lowest BCUT2D eigenvalue weighted by atomic mass is 9.59. The average molecular weight is 251 g/mol. The van der Waals surface area contributed by atoms with Crippen molar-refractivity contribution in [3.05, 3.63) is 71.8 Å². The summed E-state index contributed by atoms with van der Waals surface area (Å²) in [6.45, 7) is 0. The maximum absolute atomic E-state index is 3.56. The van der Waals surface area contributed by atoms with Crippen molar-refractivity contribution in [2.24, 2.45) is 0 Å². The molecule has 1 aliphatic rings. The highest BCUT2D eigenvalue weighted by molar-refractivity contribution is 5.35. The minimum atomic E-state index is 0.275. The molecule has 0 heterocycles. The van der Waals surface area contributed by atoms with Crippen LogP contribution < -0.4 is 5.32 Å². The molecule has 98 valence electrons. The van der Waals surface area contributed by atoms with Gasteiger partial charge in [0.1, 0.15) is 0 Å². The molecule has 1 N–H and O–H groups in total. The monoisotopic (exact) mass is 251 g/mol. The smallest absolute Gasteiger partial charge is 0.0415 e. The normalized spacial score (nSPS) is 18.6. The van der Waals surface area contributed by atoms with Gasteiger partial charge in [-0.15, -0.1) is 0 Å². The van der Waals surface area contributed by atoms with Crippen molar-refractivity contribution in [2.45, 2.75) is 30.7 Å². The van der Waals surface area contributed by atoms with Crippen LogP contribution in [-0.4, -0.2) is 7.05 Å². The van der Waals surface area contributed by atoms with Crippen LogP contribution in [0.25, 0.3) is 0 Å². The fourth-order valence-corrected chi connectivity index (χ4v) is 3.48. The molecule has 19 heavy (non-hydrogen) atoms. The van der Waals surface area contributed by atoms with E-state index in [1.54, 1.807) is 0 Å². The van der Waals surface area contributed by atoms with Crippen molar-refractivity contribution in [3.8, 4) is 0 Å². The molecule has 0 saturated heterocycles. The molecule has 0 aromatic heterocycles. The van der Waals surface area contributed by atoms with Gasteiger partial charge in [-0.05, 0) is 31.0 Å². The van der Waals surface area contributed by atoms with E-state index in [9.17, 15) is 0 Å². The van der Waals surface area contributed by atoms with E-state index in [0.29, 0.717) is 6.04 Å². The lowest BCUT2D eigenvalue weighted by molar-refractivity contribution is 0.176. The van der Waals surface area contributed by atoms with Gasteiger partial charge in [0, 0.05) is 11.5 Å². The molecular weight excluding hydrogens is 230 g/mol. The van der Waals surface area contributed by atoms with Gasteiger partial charge in [-0.3, -0.25) is 0 Å². The molecular formula is C18H21N. The van der Waals surface area contributed by atoms with Crippen molar-refractivity contribution >= 4 is 0 Å². The van der Waals surface area contributed by atoms with Crippen LogP contribution in [0, 0.1) is 0 Å². The third-order valence-electron chi connectivity index (χ3n) is 4.57. The summed E-state index contributed by atoms with van der Waals surface area (Å²) in [7, 11) is 2.08. The Hall–Kier alpha value is -1.60. The van der Waals surface area contributed by atoms with Gasteiger partial charge in [-0.25, -0.2) is 0 Å². The molecule has 1 atom stereocenters. The molecule has 0 radical (unpaired) electrons. The molecule has 2 aromatic rings. The molecule has 0 amide bonds. The van der Waals surface area contributed by atoms with Crippen LogP contribution in [-0.2, 0) is 5.41 Å². The predicted molar refractivity (Wildman–Crippen MR) is 80.2 cm³/mol. The summed E-state index contributed by atoms with van der Waals surface area (Å²) in [5.74, 6) is 0. The average Bonchev–Trinajstić information content (AvgIpc) is 2.44. The zero-order valence-corrected chi connectivity index (χ0v) is 11.5. The molecule has 0 bridgehead atoms. The Kier molecular flexibility index (Phi) is 3.39. The Labute approximate surface area is 115 Å². The summed E-state index contributed by atoms with van der Waals surface area (Å²) in [6.07, 6.45) is 3.88. The van der Waals surface area contributed by atoms with E-state index in [4.69, 9.17) is 0 Å². The Balaban J connectivity index is 2.01. The number of nitrogens with one attached hydrogen (secondary N) is 1. The van der Waals surface area contributed by atoms with Gasteiger partial charge < -0.3 is 5.32 Å². The Morgan fingerprint density at radius 2 is 1.47 bits per heavy atom. The minimum absolute atomic E-state index is 0.275. The van der Waals surface area contributed by atoms with E-state index in [2.05, 4.69) is 73.0 Å². The van der Waals surface area contributed by atoms with E-state index >= 15 is 0 Å². The first-order valence-corrected chi connectivity index (χ1v) is 7.14. The summed E-state index contributed by atoms with van der Waals surface area (Å²) in [5.41, 5.74) is 3.15. The molecule has 3 rings (SSSR count). The lowest BCUT2D eigenvalue weighted by Crippen LogP contribution is -2.45. The Morgan fingerprint density at radius 1 is 0.895 bits per heavy atom. The third-order valence-corrected chi connectivity index (χ3v) is 4.57. The second kappa shape index (κ2) is 5.18. The number of hydrogen-bond acceptors (Lipinski definition) is 1. The van der Waals surface area contributed by atoms with E-state index in [1.807, 2.05) is 0 Å². The molecule has 1 fully saturated rings. The first kappa shape index (κ1) is 12.4. The highest BCUT2D eigenvalue weighted by Crippen LogP contribution is 2.51. The number of likely N-dealkylation sites (N-methyl/N-ethyl adjacent to an activating group) is 1. The second-order valence-electron chi connectivity index (χ2n) is 5.51. The van der Waals surface area contributed by atoms with Crippen molar-refractivity contribution in [3.63, 3.8) is 0 Å². The van der Waals surface area contributed by atoms with Gasteiger partial charge in [-0.1, -0.05) is 67.1 Å². The fourth-order valence-electron chi connectivity index (χ4n) is 3.48. The van der Waals surface area contributed by atoms with E-state index in [0.717, 1.165) is 0 Å². The first-order chi connectivity index (χ1) is 9.37. The van der Waals surface area contributed by atoms with E-state index in [1.165, 1.54) is 30.4 Å². The second-order valence-corrected chi connectivity index (χ2v) is 5.51. The Morgan fingerprint density at radius 3 is 1.95 bits per heavy atom. The molecule has 1 heteroatoms. The standard InChI is InChI=1S/C18H21N/c1-19-17(15-9-4-2-5-10-15)18(13-8-14-18)16-11-6-3-7-12-16/h2-7,9-12,17,19H,8,13-14H2,1H3. The molecule has 0 aliphatic heterocycles. The third kappa shape index (κ3) is 2.08. The molecule has 1 aliphatic carbocycles. The maximum Gasteiger partial charge on any atom is 0.0415 e. The highest BCUT2D eigenvalue weighted by Gasteiger charge is 2.45. The van der Waals surface area contributed by atoms with Crippen LogP contribution in [0.1, 0.15) is 36.4 Å². The summed E-state index contributed by atoms with van der Waals surface area (Å²) in [5, 5.41) is 3.56. The zero-order chi connectivity index (χ0) is 13.1. The summed E-state index contributed by atoms with van der Waals surface area (Å²) >= 11 is 0. The molecule has 1 nitrogen and oxygen atoms in total. The summed E-state index contributed by atoms with van der Waals surface area (Å²) in [4.78, 5) is 0. The quantitative estimate of drug-likeness (QED) is 0.863. The summed E-state index contributed by atoms with van der Waals surface area (Å²) < 4.78 is 0.